The summed E-state index contributed by atoms with van der Waals surface area (Å²) in [6, 6.07) is 81.0. The molecule has 0 aliphatic carbocycles. The molecular formula is C58H37N3O. The number of benzene rings is 10. The molecule has 0 radical (unpaired) electrons. The summed E-state index contributed by atoms with van der Waals surface area (Å²) in [6.07, 6.45) is 0. The molecule has 0 spiro atoms. The molecule has 3 aromatic heterocycles. The first-order valence-corrected chi connectivity index (χ1v) is 21.2. The third kappa shape index (κ3) is 5.01. The molecule has 0 fully saturated rings. The van der Waals surface area contributed by atoms with Crippen LogP contribution in [0.15, 0.2) is 229 Å². The quantitative estimate of drug-likeness (QED) is 0.168. The first-order chi connectivity index (χ1) is 30.8. The lowest BCUT2D eigenvalue weighted by molar-refractivity contribution is 0.674. The predicted octanol–water partition coefficient (Wildman–Crippen LogP) is 16.1. The lowest BCUT2D eigenvalue weighted by Gasteiger charge is -2.32. The van der Waals surface area contributed by atoms with Crippen LogP contribution in [0.5, 0.6) is 0 Å². The summed E-state index contributed by atoms with van der Waals surface area (Å²) in [5, 5.41) is 9.38. The van der Waals surface area contributed by atoms with Crippen molar-refractivity contribution in [2.75, 3.05) is 4.90 Å². The zero-order valence-corrected chi connectivity index (χ0v) is 33.6. The Balaban J connectivity index is 1.14. The molecule has 290 valence electrons. The Labute approximate surface area is 357 Å². The van der Waals surface area contributed by atoms with Crippen molar-refractivity contribution in [3.05, 3.63) is 224 Å². The molecule has 0 aliphatic heterocycles. The molecule has 0 bridgehead atoms. The Morgan fingerprint density at radius 3 is 1.24 bits per heavy atom. The number of aromatic nitrogens is 2. The highest BCUT2D eigenvalue weighted by Crippen LogP contribution is 2.49. The van der Waals surface area contributed by atoms with Crippen molar-refractivity contribution in [1.82, 2.24) is 9.13 Å². The van der Waals surface area contributed by atoms with Crippen molar-refractivity contribution in [1.29, 1.82) is 0 Å². The van der Waals surface area contributed by atoms with Crippen LogP contribution in [0.2, 0.25) is 0 Å². The van der Waals surface area contributed by atoms with Crippen LogP contribution >= 0.6 is 0 Å². The number of para-hydroxylation sites is 10. The molecule has 4 nitrogen and oxygen atoms in total. The summed E-state index contributed by atoms with van der Waals surface area (Å²) >= 11 is 0. The Morgan fingerprint density at radius 1 is 0.274 bits per heavy atom. The van der Waals surface area contributed by atoms with Crippen LogP contribution in [0.1, 0.15) is 0 Å². The summed E-state index contributed by atoms with van der Waals surface area (Å²) < 4.78 is 11.9. The van der Waals surface area contributed by atoms with Gasteiger partial charge in [-0.25, -0.2) is 0 Å². The molecule has 3 heterocycles. The molecule has 0 N–H and O–H groups in total. The van der Waals surface area contributed by atoms with Gasteiger partial charge in [0.25, 0.3) is 0 Å². The molecular weight excluding hydrogens is 755 g/mol. The normalized spacial score (nSPS) is 11.9. The van der Waals surface area contributed by atoms with E-state index in [2.05, 4.69) is 238 Å². The molecule has 0 saturated carbocycles. The highest BCUT2D eigenvalue weighted by molar-refractivity contribution is 6.18. The van der Waals surface area contributed by atoms with E-state index in [4.69, 9.17) is 4.42 Å². The lowest BCUT2D eigenvalue weighted by atomic mass is 9.98. The number of nitrogens with zero attached hydrogens (tertiary/aromatic N) is 3. The van der Waals surface area contributed by atoms with E-state index in [1.807, 2.05) is 0 Å². The van der Waals surface area contributed by atoms with E-state index in [0.717, 1.165) is 94.3 Å². The van der Waals surface area contributed by atoms with E-state index in [9.17, 15) is 0 Å². The molecule has 0 unspecified atom stereocenters. The Bertz CT molecular complexity index is 3640. The van der Waals surface area contributed by atoms with Crippen LogP contribution in [-0.4, -0.2) is 9.13 Å². The minimum Gasteiger partial charge on any atom is -0.455 e. The van der Waals surface area contributed by atoms with E-state index in [1.165, 1.54) is 21.5 Å². The second kappa shape index (κ2) is 13.6. The van der Waals surface area contributed by atoms with Gasteiger partial charge in [0, 0.05) is 48.8 Å². The largest absolute Gasteiger partial charge is 0.455 e. The third-order valence-corrected chi connectivity index (χ3v) is 12.7. The summed E-state index contributed by atoms with van der Waals surface area (Å²) in [6.45, 7) is 0. The van der Waals surface area contributed by atoms with E-state index in [0.29, 0.717) is 0 Å². The number of hydrogen-bond donors (Lipinski definition) is 0. The van der Waals surface area contributed by atoms with Gasteiger partial charge in [-0.3, -0.25) is 0 Å². The number of fused-ring (bicyclic) bond motifs is 11. The molecule has 0 amide bonds. The van der Waals surface area contributed by atoms with Crippen molar-refractivity contribution in [2.24, 2.45) is 0 Å². The number of anilines is 3. The smallest absolute Gasteiger partial charge is 0.143 e. The summed E-state index contributed by atoms with van der Waals surface area (Å²) in [7, 11) is 0. The SMILES string of the molecule is c1ccc(N(c2ccccc2-n2c3ccccc3c3ccccc32)c2ccccc2-n2c3ccccc3c3ccccc32)c(-c2cccc3c2oc2c4ccccc4ccc32)c1. The van der Waals surface area contributed by atoms with Gasteiger partial charge in [0.2, 0.25) is 0 Å². The number of hydrogen-bond acceptors (Lipinski definition) is 2. The summed E-state index contributed by atoms with van der Waals surface area (Å²) in [4.78, 5) is 2.48. The van der Waals surface area contributed by atoms with E-state index in [1.54, 1.807) is 0 Å². The predicted molar refractivity (Wildman–Crippen MR) is 260 cm³/mol. The third-order valence-electron chi connectivity index (χ3n) is 12.7. The molecule has 13 aromatic rings. The molecule has 13 rings (SSSR count). The monoisotopic (exact) mass is 791 g/mol. The molecule has 0 atom stereocenters. The maximum absolute atomic E-state index is 7.03. The Hall–Kier alpha value is -8.34. The van der Waals surface area contributed by atoms with Gasteiger partial charge < -0.3 is 18.5 Å². The average molecular weight is 792 g/mol. The molecule has 0 aliphatic rings. The second-order valence-corrected chi connectivity index (χ2v) is 16.0. The molecule has 0 saturated heterocycles. The topological polar surface area (TPSA) is 26.2 Å². The zero-order chi connectivity index (χ0) is 40.7. The Morgan fingerprint density at radius 2 is 0.677 bits per heavy atom. The molecule has 10 aromatic carbocycles. The van der Waals surface area contributed by atoms with Crippen molar-refractivity contribution in [2.45, 2.75) is 0 Å². The fraction of sp³-hybridized carbons (Fsp3) is 0. The van der Waals surface area contributed by atoms with Gasteiger partial charge in [0.05, 0.1) is 50.5 Å². The van der Waals surface area contributed by atoms with Crippen LogP contribution in [0.25, 0.3) is 98.8 Å². The van der Waals surface area contributed by atoms with Gasteiger partial charge in [-0.1, -0.05) is 164 Å². The highest BCUT2D eigenvalue weighted by atomic mass is 16.3. The van der Waals surface area contributed by atoms with Crippen molar-refractivity contribution in [3.63, 3.8) is 0 Å². The van der Waals surface area contributed by atoms with Crippen molar-refractivity contribution < 1.29 is 4.42 Å². The molecule has 4 heteroatoms. The summed E-state index contributed by atoms with van der Waals surface area (Å²) in [5.74, 6) is 0. The maximum atomic E-state index is 7.03. The Kier molecular flexibility index (Phi) is 7.57. The lowest BCUT2D eigenvalue weighted by Crippen LogP contribution is -2.16. The van der Waals surface area contributed by atoms with Crippen molar-refractivity contribution >= 4 is 93.4 Å². The van der Waals surface area contributed by atoms with Gasteiger partial charge in [-0.2, -0.15) is 0 Å². The van der Waals surface area contributed by atoms with Gasteiger partial charge in [0.15, 0.2) is 0 Å². The van der Waals surface area contributed by atoms with E-state index in [-0.39, 0.29) is 0 Å². The second-order valence-electron chi connectivity index (χ2n) is 16.0. The van der Waals surface area contributed by atoms with Gasteiger partial charge >= 0.3 is 0 Å². The number of rotatable bonds is 6. The van der Waals surface area contributed by atoms with Crippen molar-refractivity contribution in [3.8, 4) is 22.5 Å². The van der Waals surface area contributed by atoms with Crippen LogP contribution < -0.4 is 4.90 Å². The van der Waals surface area contributed by atoms with Gasteiger partial charge in [0.1, 0.15) is 11.2 Å². The average Bonchev–Trinajstić information content (AvgIpc) is 4.01. The minimum atomic E-state index is 0.873. The standard InChI is InChI=1S/C58H37N3O/c1-2-19-39-38(18-1)36-37-47-46-26-17-25-45(58(46)62-57(39)47)44-24-7-12-31-52(44)61(55-34-15-13-32-53(55)59-48-27-8-3-20-40(48)41-21-4-9-28-49(41)59)56-35-16-14-33-54(56)60-50-29-10-5-22-42(50)43-23-6-11-30-51(43)60/h1-37H. The molecule has 62 heavy (non-hydrogen) atoms. The van der Waals surface area contributed by atoms with Crippen LogP contribution in [0.4, 0.5) is 17.1 Å². The van der Waals surface area contributed by atoms with E-state index >= 15 is 0 Å². The first-order valence-electron chi connectivity index (χ1n) is 21.2. The zero-order valence-electron chi connectivity index (χ0n) is 33.6. The fourth-order valence-electron chi connectivity index (χ4n) is 10.1. The van der Waals surface area contributed by atoms with Crippen LogP contribution in [0.3, 0.4) is 0 Å². The van der Waals surface area contributed by atoms with Gasteiger partial charge in [-0.05, 0) is 66.0 Å². The first kappa shape index (κ1) is 34.5. The van der Waals surface area contributed by atoms with Crippen LogP contribution in [-0.2, 0) is 0 Å². The van der Waals surface area contributed by atoms with Crippen LogP contribution in [0, 0.1) is 0 Å². The van der Waals surface area contributed by atoms with Gasteiger partial charge in [-0.15, -0.1) is 0 Å². The highest BCUT2D eigenvalue weighted by Gasteiger charge is 2.27. The summed E-state index contributed by atoms with van der Waals surface area (Å²) in [5.41, 5.74) is 13.8. The van der Waals surface area contributed by atoms with E-state index < -0.39 is 0 Å². The minimum absolute atomic E-state index is 0.873. The maximum Gasteiger partial charge on any atom is 0.143 e. The fourth-order valence-corrected chi connectivity index (χ4v) is 10.1. The number of furan rings is 1.